The van der Waals surface area contributed by atoms with Crippen LogP contribution in [0.5, 0.6) is 0 Å². The summed E-state index contributed by atoms with van der Waals surface area (Å²) in [6.45, 7) is 3.77. The number of carbonyl (C=O) groups excluding carboxylic acids is 1. The lowest BCUT2D eigenvalue weighted by molar-refractivity contribution is -0.141. The lowest BCUT2D eigenvalue weighted by atomic mass is 10.1. The van der Waals surface area contributed by atoms with E-state index in [2.05, 4.69) is 0 Å². The molecule has 3 rings (SSSR count). The first-order chi connectivity index (χ1) is 11.9. The maximum atomic E-state index is 13.1. The number of carbonyl (C=O) groups is 2. The predicted molar refractivity (Wildman–Crippen MR) is 95.3 cm³/mol. The number of aliphatic carboxylic acids is 1. The van der Waals surface area contributed by atoms with Gasteiger partial charge in [0.15, 0.2) is 0 Å². The number of rotatable bonds is 6. The van der Waals surface area contributed by atoms with Crippen LogP contribution in [-0.2, 0) is 4.79 Å². The Morgan fingerprint density at radius 1 is 1.32 bits per heavy atom. The van der Waals surface area contributed by atoms with Crippen LogP contribution in [-0.4, -0.2) is 34.5 Å². The summed E-state index contributed by atoms with van der Waals surface area (Å²) in [7, 11) is 0. The summed E-state index contributed by atoms with van der Waals surface area (Å²) in [5.41, 5.74) is 1.84. The largest absolute Gasteiger partial charge is 0.481 e. The second kappa shape index (κ2) is 6.96. The van der Waals surface area contributed by atoms with E-state index in [0.29, 0.717) is 4.88 Å². The van der Waals surface area contributed by atoms with Crippen LogP contribution in [0.4, 0.5) is 4.39 Å². The number of amides is 1. The quantitative estimate of drug-likeness (QED) is 0.839. The van der Waals surface area contributed by atoms with E-state index in [1.807, 2.05) is 13.0 Å². The first-order valence-corrected chi connectivity index (χ1v) is 9.08. The summed E-state index contributed by atoms with van der Waals surface area (Å²) in [6, 6.07) is 8.20. The zero-order valence-corrected chi connectivity index (χ0v) is 15.0. The van der Waals surface area contributed by atoms with Gasteiger partial charge in [-0.2, -0.15) is 0 Å². The molecule has 1 amide bonds. The van der Waals surface area contributed by atoms with E-state index in [1.165, 1.54) is 23.5 Å². The van der Waals surface area contributed by atoms with Crippen LogP contribution < -0.4 is 0 Å². The van der Waals surface area contributed by atoms with Gasteiger partial charge in [-0.25, -0.2) is 4.39 Å². The SMILES string of the molecule is Cc1cc(C(=O)N(CC(C)C(=O)O)C2CC2)sc1-c1ccc(F)cc1. The molecule has 1 unspecified atom stereocenters. The van der Waals surface area contributed by atoms with Crippen molar-refractivity contribution in [1.29, 1.82) is 0 Å². The van der Waals surface area contributed by atoms with Gasteiger partial charge in [0.1, 0.15) is 5.82 Å². The summed E-state index contributed by atoms with van der Waals surface area (Å²) in [5, 5.41) is 9.14. The molecule has 0 saturated heterocycles. The second-order valence-corrected chi connectivity index (χ2v) is 7.61. The molecule has 1 fully saturated rings. The van der Waals surface area contributed by atoms with Crippen molar-refractivity contribution in [2.45, 2.75) is 32.7 Å². The molecule has 0 bridgehead atoms. The van der Waals surface area contributed by atoms with E-state index in [9.17, 15) is 14.0 Å². The fourth-order valence-electron chi connectivity index (χ4n) is 2.77. The molecule has 2 aromatic rings. The minimum Gasteiger partial charge on any atom is -0.481 e. The predicted octanol–water partition coefficient (Wildman–Crippen LogP) is 4.19. The minimum atomic E-state index is -0.896. The topological polar surface area (TPSA) is 57.6 Å². The summed E-state index contributed by atoms with van der Waals surface area (Å²) in [5.74, 6) is -1.90. The number of carboxylic acid groups (broad SMARTS) is 1. The Bertz CT molecular complexity index is 796. The third kappa shape index (κ3) is 3.90. The van der Waals surface area contributed by atoms with Gasteiger partial charge in [0.25, 0.3) is 5.91 Å². The van der Waals surface area contributed by atoms with Crippen LogP contribution in [0.25, 0.3) is 10.4 Å². The number of benzene rings is 1. The van der Waals surface area contributed by atoms with Crippen molar-refractivity contribution >= 4 is 23.2 Å². The Labute approximate surface area is 149 Å². The molecule has 1 aliphatic rings. The number of halogens is 1. The van der Waals surface area contributed by atoms with Crippen LogP contribution in [0.1, 0.15) is 35.0 Å². The van der Waals surface area contributed by atoms with Gasteiger partial charge < -0.3 is 10.0 Å². The molecule has 1 heterocycles. The highest BCUT2D eigenvalue weighted by Crippen LogP contribution is 2.35. The van der Waals surface area contributed by atoms with Crippen molar-refractivity contribution in [3.05, 3.63) is 46.6 Å². The number of carboxylic acids is 1. The van der Waals surface area contributed by atoms with Crippen LogP contribution in [0, 0.1) is 18.7 Å². The molecular weight excluding hydrogens is 341 g/mol. The Hall–Kier alpha value is -2.21. The van der Waals surface area contributed by atoms with E-state index >= 15 is 0 Å². The van der Waals surface area contributed by atoms with Gasteiger partial charge in [-0.15, -0.1) is 11.3 Å². The minimum absolute atomic E-state index is 0.114. The van der Waals surface area contributed by atoms with Crippen molar-refractivity contribution in [3.8, 4) is 10.4 Å². The van der Waals surface area contributed by atoms with Gasteiger partial charge in [-0.1, -0.05) is 19.1 Å². The zero-order chi connectivity index (χ0) is 18.1. The van der Waals surface area contributed by atoms with E-state index in [1.54, 1.807) is 24.0 Å². The summed E-state index contributed by atoms with van der Waals surface area (Å²) in [6.07, 6.45) is 1.85. The van der Waals surface area contributed by atoms with Crippen LogP contribution >= 0.6 is 11.3 Å². The first-order valence-electron chi connectivity index (χ1n) is 8.27. The average Bonchev–Trinajstić information content (AvgIpc) is 3.34. The maximum Gasteiger partial charge on any atom is 0.308 e. The van der Waals surface area contributed by atoms with Crippen molar-refractivity contribution in [3.63, 3.8) is 0 Å². The van der Waals surface area contributed by atoms with E-state index in [0.717, 1.165) is 28.8 Å². The van der Waals surface area contributed by atoms with Gasteiger partial charge >= 0.3 is 5.97 Å². The maximum absolute atomic E-state index is 13.1. The highest BCUT2D eigenvalue weighted by molar-refractivity contribution is 7.17. The fourth-order valence-corrected chi connectivity index (χ4v) is 3.91. The average molecular weight is 361 g/mol. The Balaban J connectivity index is 1.85. The molecule has 25 heavy (non-hydrogen) atoms. The first kappa shape index (κ1) is 17.6. The number of hydrogen-bond acceptors (Lipinski definition) is 3. The summed E-state index contributed by atoms with van der Waals surface area (Å²) < 4.78 is 13.1. The lowest BCUT2D eigenvalue weighted by Crippen LogP contribution is -2.38. The second-order valence-electron chi connectivity index (χ2n) is 6.56. The van der Waals surface area contributed by atoms with Crippen molar-refractivity contribution in [1.82, 2.24) is 4.90 Å². The number of nitrogens with zero attached hydrogens (tertiary/aromatic N) is 1. The Morgan fingerprint density at radius 2 is 1.96 bits per heavy atom. The van der Waals surface area contributed by atoms with Gasteiger partial charge in [-0.3, -0.25) is 9.59 Å². The molecule has 1 aromatic carbocycles. The molecule has 132 valence electrons. The summed E-state index contributed by atoms with van der Waals surface area (Å²) >= 11 is 1.37. The molecule has 1 aliphatic carbocycles. The molecule has 1 atom stereocenters. The lowest BCUT2D eigenvalue weighted by Gasteiger charge is -2.23. The van der Waals surface area contributed by atoms with Crippen molar-refractivity contribution in [2.75, 3.05) is 6.54 Å². The molecule has 6 heteroatoms. The monoisotopic (exact) mass is 361 g/mol. The van der Waals surface area contributed by atoms with Crippen LogP contribution in [0.15, 0.2) is 30.3 Å². The fraction of sp³-hybridized carbons (Fsp3) is 0.368. The Morgan fingerprint density at radius 3 is 2.52 bits per heavy atom. The smallest absolute Gasteiger partial charge is 0.308 e. The number of aryl methyl sites for hydroxylation is 1. The Kier molecular flexibility index (Phi) is 4.90. The van der Waals surface area contributed by atoms with E-state index in [-0.39, 0.29) is 24.3 Å². The molecule has 1 aromatic heterocycles. The molecule has 4 nitrogen and oxygen atoms in total. The highest BCUT2D eigenvalue weighted by Gasteiger charge is 2.35. The van der Waals surface area contributed by atoms with Gasteiger partial charge in [0.2, 0.25) is 0 Å². The van der Waals surface area contributed by atoms with Crippen LogP contribution in [0.2, 0.25) is 0 Å². The number of thiophene rings is 1. The van der Waals surface area contributed by atoms with Gasteiger partial charge in [0.05, 0.1) is 10.8 Å². The zero-order valence-electron chi connectivity index (χ0n) is 14.2. The van der Waals surface area contributed by atoms with E-state index < -0.39 is 11.9 Å². The van der Waals surface area contributed by atoms with Crippen molar-refractivity contribution < 1.29 is 19.1 Å². The molecule has 0 aliphatic heterocycles. The molecule has 1 N–H and O–H groups in total. The third-order valence-corrected chi connectivity index (χ3v) is 5.65. The standard InChI is InChI=1S/C19H20FNO3S/c1-11-9-16(25-17(11)13-3-5-14(20)6-4-13)18(22)21(15-7-8-15)10-12(2)19(23)24/h3-6,9,12,15H,7-8,10H2,1-2H3,(H,23,24). The highest BCUT2D eigenvalue weighted by atomic mass is 32.1. The molecular formula is C19H20FNO3S. The summed E-state index contributed by atoms with van der Waals surface area (Å²) in [4.78, 5) is 27.3. The van der Waals surface area contributed by atoms with Crippen LogP contribution in [0.3, 0.4) is 0 Å². The third-order valence-electron chi connectivity index (χ3n) is 4.38. The van der Waals surface area contributed by atoms with E-state index in [4.69, 9.17) is 5.11 Å². The molecule has 0 radical (unpaired) electrons. The van der Waals surface area contributed by atoms with Crippen molar-refractivity contribution in [2.24, 2.45) is 5.92 Å². The molecule has 1 saturated carbocycles. The number of hydrogen-bond donors (Lipinski definition) is 1. The molecule has 0 spiro atoms. The van der Waals surface area contributed by atoms with Gasteiger partial charge in [0, 0.05) is 17.5 Å². The van der Waals surface area contributed by atoms with Gasteiger partial charge in [-0.05, 0) is 49.1 Å². The normalized spacial score (nSPS) is 15.0.